The summed E-state index contributed by atoms with van der Waals surface area (Å²) in [7, 11) is 4.18. The van der Waals surface area contributed by atoms with Gasteiger partial charge in [-0.1, -0.05) is 79.4 Å². The van der Waals surface area contributed by atoms with Crippen molar-refractivity contribution in [2.24, 2.45) is 0 Å². The zero-order chi connectivity index (χ0) is 19.3. The SMILES string of the molecule is CN(C)Cc1ccccc1C(C=Cc1ccc(Cl)cc1)C1(O)CCCCC1. The van der Waals surface area contributed by atoms with Crippen LogP contribution in [0.1, 0.15) is 54.7 Å². The van der Waals surface area contributed by atoms with Gasteiger partial charge in [0.25, 0.3) is 0 Å². The van der Waals surface area contributed by atoms with E-state index in [1.165, 1.54) is 17.5 Å². The summed E-state index contributed by atoms with van der Waals surface area (Å²) in [6, 6.07) is 16.4. The van der Waals surface area contributed by atoms with Crippen molar-refractivity contribution in [3.63, 3.8) is 0 Å². The number of benzene rings is 2. The lowest BCUT2D eigenvalue weighted by Crippen LogP contribution is -2.38. The lowest BCUT2D eigenvalue weighted by molar-refractivity contribution is -0.00921. The summed E-state index contributed by atoms with van der Waals surface area (Å²) >= 11 is 6.01. The van der Waals surface area contributed by atoms with E-state index in [1.54, 1.807) is 0 Å². The molecule has 1 aliphatic carbocycles. The molecule has 0 amide bonds. The van der Waals surface area contributed by atoms with Crippen LogP contribution in [-0.2, 0) is 6.54 Å². The lowest BCUT2D eigenvalue weighted by Gasteiger charge is -2.39. The summed E-state index contributed by atoms with van der Waals surface area (Å²) < 4.78 is 0. The second kappa shape index (κ2) is 9.05. The Kier molecular flexibility index (Phi) is 6.75. The normalized spacial score (nSPS) is 18.1. The van der Waals surface area contributed by atoms with E-state index in [-0.39, 0.29) is 5.92 Å². The third kappa shape index (κ3) is 5.22. The Labute approximate surface area is 168 Å². The maximum Gasteiger partial charge on any atom is 0.0750 e. The van der Waals surface area contributed by atoms with Crippen LogP contribution in [0.4, 0.5) is 0 Å². The molecule has 1 atom stereocenters. The number of aliphatic hydroxyl groups is 1. The highest BCUT2D eigenvalue weighted by Crippen LogP contribution is 2.42. The summed E-state index contributed by atoms with van der Waals surface area (Å²) in [5.41, 5.74) is 2.95. The molecule has 2 nitrogen and oxygen atoms in total. The van der Waals surface area contributed by atoms with Crippen molar-refractivity contribution in [2.75, 3.05) is 14.1 Å². The molecule has 0 spiro atoms. The Hall–Kier alpha value is -1.61. The molecule has 0 saturated heterocycles. The Morgan fingerprint density at radius 3 is 2.37 bits per heavy atom. The molecule has 0 radical (unpaired) electrons. The van der Waals surface area contributed by atoms with Crippen LogP contribution in [0, 0.1) is 0 Å². The van der Waals surface area contributed by atoms with E-state index in [4.69, 9.17) is 11.6 Å². The van der Waals surface area contributed by atoms with Crippen LogP contribution in [-0.4, -0.2) is 29.7 Å². The van der Waals surface area contributed by atoms with Gasteiger partial charge in [0.05, 0.1) is 5.60 Å². The molecule has 0 bridgehead atoms. The van der Waals surface area contributed by atoms with Crippen molar-refractivity contribution in [1.82, 2.24) is 4.90 Å². The number of hydrogen-bond donors (Lipinski definition) is 1. The van der Waals surface area contributed by atoms with Gasteiger partial charge < -0.3 is 10.0 Å². The Morgan fingerprint density at radius 2 is 1.70 bits per heavy atom. The molecule has 27 heavy (non-hydrogen) atoms. The van der Waals surface area contributed by atoms with Crippen molar-refractivity contribution in [2.45, 2.75) is 50.2 Å². The number of hydrogen-bond acceptors (Lipinski definition) is 2. The molecular weight excluding hydrogens is 354 g/mol. The van der Waals surface area contributed by atoms with Gasteiger partial charge in [0.2, 0.25) is 0 Å². The van der Waals surface area contributed by atoms with E-state index in [1.807, 2.05) is 24.3 Å². The average molecular weight is 384 g/mol. The van der Waals surface area contributed by atoms with Crippen LogP contribution in [0.25, 0.3) is 6.08 Å². The van der Waals surface area contributed by atoms with Gasteiger partial charge in [-0.3, -0.25) is 0 Å². The molecule has 1 N–H and O–H groups in total. The summed E-state index contributed by atoms with van der Waals surface area (Å²) in [5.74, 6) is -0.00960. The molecule has 2 aromatic carbocycles. The third-order valence-electron chi connectivity index (χ3n) is 5.53. The highest BCUT2D eigenvalue weighted by molar-refractivity contribution is 6.30. The highest BCUT2D eigenvalue weighted by Gasteiger charge is 2.38. The van der Waals surface area contributed by atoms with Gasteiger partial charge >= 0.3 is 0 Å². The summed E-state index contributed by atoms with van der Waals surface area (Å²) in [5, 5.41) is 12.3. The minimum atomic E-state index is -0.677. The van der Waals surface area contributed by atoms with Gasteiger partial charge in [0.1, 0.15) is 0 Å². The van der Waals surface area contributed by atoms with E-state index < -0.39 is 5.60 Å². The first kappa shape index (κ1) is 20.1. The van der Waals surface area contributed by atoms with Gasteiger partial charge in [-0.05, 0) is 55.8 Å². The fourth-order valence-electron chi connectivity index (χ4n) is 4.15. The average Bonchev–Trinajstić information content (AvgIpc) is 2.65. The summed E-state index contributed by atoms with van der Waals surface area (Å²) in [4.78, 5) is 2.18. The Balaban J connectivity index is 1.99. The topological polar surface area (TPSA) is 23.5 Å². The Bertz CT molecular complexity index is 760. The van der Waals surface area contributed by atoms with Gasteiger partial charge in [-0.2, -0.15) is 0 Å². The minimum Gasteiger partial charge on any atom is -0.389 e. The van der Waals surface area contributed by atoms with Crippen LogP contribution in [0.3, 0.4) is 0 Å². The predicted molar refractivity (Wildman–Crippen MR) is 115 cm³/mol. The third-order valence-corrected chi connectivity index (χ3v) is 5.78. The Morgan fingerprint density at radius 1 is 1.04 bits per heavy atom. The molecule has 2 aromatic rings. The maximum absolute atomic E-state index is 11.6. The molecule has 1 fully saturated rings. The lowest BCUT2D eigenvalue weighted by atomic mass is 9.71. The van der Waals surface area contributed by atoms with Crippen LogP contribution in [0.2, 0.25) is 5.02 Å². The molecule has 1 unspecified atom stereocenters. The second-order valence-corrected chi connectivity index (χ2v) is 8.43. The standard InChI is InChI=1S/C24H30ClNO/c1-26(2)18-20-8-4-5-9-22(20)23(24(27)16-6-3-7-17-24)15-12-19-10-13-21(25)14-11-19/h4-5,8-15,23,27H,3,6-7,16-18H2,1-2H3. The number of rotatable bonds is 6. The number of nitrogens with zero attached hydrogens (tertiary/aromatic N) is 1. The minimum absolute atomic E-state index is 0.00960. The van der Waals surface area contributed by atoms with E-state index in [0.717, 1.165) is 42.8 Å². The first-order valence-corrected chi connectivity index (χ1v) is 10.2. The van der Waals surface area contributed by atoms with Crippen molar-refractivity contribution >= 4 is 17.7 Å². The van der Waals surface area contributed by atoms with Crippen LogP contribution >= 0.6 is 11.6 Å². The monoisotopic (exact) mass is 383 g/mol. The van der Waals surface area contributed by atoms with Gasteiger partial charge in [0.15, 0.2) is 0 Å². The van der Waals surface area contributed by atoms with Crippen LogP contribution in [0.5, 0.6) is 0 Å². The van der Waals surface area contributed by atoms with E-state index in [2.05, 4.69) is 55.4 Å². The fourth-order valence-corrected chi connectivity index (χ4v) is 4.28. The second-order valence-electron chi connectivity index (χ2n) is 7.99. The fraction of sp³-hybridized carbons (Fsp3) is 0.417. The zero-order valence-electron chi connectivity index (χ0n) is 16.4. The van der Waals surface area contributed by atoms with E-state index >= 15 is 0 Å². The molecule has 0 aromatic heterocycles. The van der Waals surface area contributed by atoms with Crippen LogP contribution < -0.4 is 0 Å². The summed E-state index contributed by atoms with van der Waals surface area (Å²) in [6.07, 6.45) is 9.45. The van der Waals surface area contributed by atoms with Gasteiger partial charge in [0, 0.05) is 17.5 Å². The van der Waals surface area contributed by atoms with E-state index in [0.29, 0.717) is 0 Å². The first-order chi connectivity index (χ1) is 13.0. The number of halogens is 1. The molecule has 0 heterocycles. The van der Waals surface area contributed by atoms with Crippen molar-refractivity contribution < 1.29 is 5.11 Å². The molecule has 3 rings (SSSR count). The quantitative estimate of drug-likeness (QED) is 0.671. The molecular formula is C24H30ClNO. The first-order valence-electron chi connectivity index (χ1n) is 9.87. The van der Waals surface area contributed by atoms with Gasteiger partial charge in [-0.25, -0.2) is 0 Å². The molecule has 1 saturated carbocycles. The van der Waals surface area contributed by atoms with E-state index in [9.17, 15) is 5.11 Å². The molecule has 144 valence electrons. The van der Waals surface area contributed by atoms with Crippen molar-refractivity contribution in [3.05, 3.63) is 76.3 Å². The van der Waals surface area contributed by atoms with Gasteiger partial charge in [-0.15, -0.1) is 0 Å². The molecule has 0 aliphatic heterocycles. The summed E-state index contributed by atoms with van der Waals surface area (Å²) in [6.45, 7) is 0.873. The van der Waals surface area contributed by atoms with Crippen molar-refractivity contribution in [3.8, 4) is 0 Å². The largest absolute Gasteiger partial charge is 0.389 e. The van der Waals surface area contributed by atoms with Crippen LogP contribution in [0.15, 0.2) is 54.6 Å². The van der Waals surface area contributed by atoms with Crippen molar-refractivity contribution in [1.29, 1.82) is 0 Å². The highest BCUT2D eigenvalue weighted by atomic mass is 35.5. The molecule has 1 aliphatic rings. The maximum atomic E-state index is 11.6. The predicted octanol–water partition coefficient (Wildman–Crippen LogP) is 5.89. The smallest absolute Gasteiger partial charge is 0.0750 e. The zero-order valence-corrected chi connectivity index (χ0v) is 17.1. The molecule has 3 heteroatoms.